The molecule has 0 radical (unpaired) electrons. The van der Waals surface area contributed by atoms with E-state index in [2.05, 4.69) is 4.18 Å². The Morgan fingerprint density at radius 2 is 1.06 bits per heavy atom. The highest BCUT2D eigenvalue weighted by molar-refractivity contribution is 7.88. The lowest BCUT2D eigenvalue weighted by molar-refractivity contribution is -0.433. The van der Waals surface area contributed by atoms with Crippen LogP contribution >= 0.6 is 0 Å². The molecule has 0 fully saturated rings. The second-order valence-electron chi connectivity index (χ2n) is 7.24. The topological polar surface area (TPSA) is 69.4 Å². The molecule has 1 aromatic carbocycles. The summed E-state index contributed by atoms with van der Waals surface area (Å²) in [6, 6.07) is 3.00. The maximum Gasteiger partial charge on any atom is 0.460 e. The van der Waals surface area contributed by atoms with Gasteiger partial charge < -0.3 is 9.92 Å². The van der Waals surface area contributed by atoms with E-state index in [1.807, 2.05) is 0 Å². The molecule has 0 unspecified atom stereocenters. The monoisotopic (exact) mass is 561 g/mol. The van der Waals surface area contributed by atoms with Gasteiger partial charge >= 0.3 is 45.2 Å². The van der Waals surface area contributed by atoms with Crippen LogP contribution in [-0.4, -0.2) is 43.5 Å². The second kappa shape index (κ2) is 8.85. The third-order valence-corrected chi connectivity index (χ3v) is 6.41. The van der Waals surface area contributed by atoms with Gasteiger partial charge in [0, 0.05) is 5.54 Å². The minimum atomic E-state index is -8.26. The zero-order valence-electron chi connectivity index (χ0n) is 17.3. The number of benzene rings is 1. The van der Waals surface area contributed by atoms with Gasteiger partial charge in [-0.25, -0.2) is 0 Å². The number of hydrogen-bond donors (Lipinski definition) is 1. The van der Waals surface area contributed by atoms with Crippen molar-refractivity contribution in [3.8, 4) is 5.75 Å². The largest absolute Gasteiger partial charge is 0.460 e. The lowest BCUT2D eigenvalue weighted by Gasteiger charge is -2.38. The van der Waals surface area contributed by atoms with Gasteiger partial charge in [-0.2, -0.15) is 65.5 Å². The second-order valence-corrected chi connectivity index (χ2v) is 8.82. The summed E-state index contributed by atoms with van der Waals surface area (Å²) in [5.41, 5.74) is 5.21. The summed E-state index contributed by atoms with van der Waals surface area (Å²) in [5.74, 6) is -33.8. The van der Waals surface area contributed by atoms with Gasteiger partial charge in [0.25, 0.3) is 0 Å². The molecule has 0 aromatic heterocycles. The Morgan fingerprint density at radius 1 is 0.686 bits per heavy atom. The first-order valence-electron chi connectivity index (χ1n) is 9.10. The minimum Gasteiger partial charge on any atom is -0.378 e. The molecule has 4 nitrogen and oxygen atoms in total. The van der Waals surface area contributed by atoms with Crippen molar-refractivity contribution >= 4 is 10.1 Å². The van der Waals surface area contributed by atoms with E-state index in [9.17, 15) is 65.5 Å². The van der Waals surface area contributed by atoms with Gasteiger partial charge in [0.05, 0.1) is 0 Å². The molecule has 0 heterocycles. The summed E-state index contributed by atoms with van der Waals surface area (Å²) in [7, 11) is -7.41. The predicted octanol–water partition coefficient (Wildman–Crippen LogP) is 6.07. The van der Waals surface area contributed by atoms with Crippen molar-refractivity contribution in [2.75, 3.05) is 0 Å². The highest BCUT2D eigenvalue weighted by Gasteiger charge is 2.93. The molecule has 204 valence electrons. The number of nitrogens with two attached hydrogens (primary N) is 1. The van der Waals surface area contributed by atoms with E-state index in [-0.39, 0.29) is 18.4 Å². The number of rotatable bonds is 10. The van der Waals surface area contributed by atoms with Crippen molar-refractivity contribution in [1.29, 1.82) is 0 Å². The van der Waals surface area contributed by atoms with Gasteiger partial charge in [-0.3, -0.25) is 0 Å². The van der Waals surface area contributed by atoms with Crippen molar-refractivity contribution in [2.45, 2.75) is 67.3 Å². The quantitative estimate of drug-likeness (QED) is 0.279. The highest BCUT2D eigenvalue weighted by Crippen LogP contribution is 2.61. The lowest BCUT2D eigenvalue weighted by Crippen LogP contribution is -2.71. The third-order valence-electron chi connectivity index (χ3n) is 5.12. The van der Waals surface area contributed by atoms with Crippen LogP contribution in [0.2, 0.25) is 0 Å². The Balaban J connectivity index is 3.47. The Bertz CT molecular complexity index is 1000. The fraction of sp³-hybridized carbons (Fsp3) is 0.647. The van der Waals surface area contributed by atoms with Crippen LogP contribution in [0.3, 0.4) is 0 Å². The van der Waals surface area contributed by atoms with Crippen LogP contribution in [0.5, 0.6) is 5.75 Å². The van der Waals surface area contributed by atoms with Gasteiger partial charge in [-0.05, 0) is 30.5 Å². The van der Waals surface area contributed by atoms with E-state index in [1.165, 1.54) is 0 Å². The molecule has 0 saturated heterocycles. The average Bonchev–Trinajstić information content (AvgIpc) is 2.71. The summed E-state index contributed by atoms with van der Waals surface area (Å²) in [6.07, 6.45) is -7.03. The molecule has 0 aliphatic carbocycles. The predicted molar refractivity (Wildman–Crippen MR) is 93.2 cm³/mol. The molecule has 1 rings (SSSR count). The van der Waals surface area contributed by atoms with Crippen LogP contribution in [0, 0.1) is 0 Å². The fourth-order valence-electron chi connectivity index (χ4n) is 2.59. The number of alkyl halides is 13. The number of hydrogen-bond acceptors (Lipinski definition) is 4. The Kier molecular flexibility index (Phi) is 7.85. The molecule has 0 atom stereocenters. The molecule has 0 amide bonds. The summed E-state index contributed by atoms with van der Waals surface area (Å²) >= 11 is 0. The Labute approximate surface area is 189 Å². The molecule has 0 saturated carbocycles. The third kappa shape index (κ3) is 4.62. The molecule has 0 bridgehead atoms. The van der Waals surface area contributed by atoms with Gasteiger partial charge in [0.1, 0.15) is 5.75 Å². The van der Waals surface area contributed by atoms with Crippen LogP contribution in [-0.2, 0) is 15.7 Å². The maximum atomic E-state index is 13.9. The van der Waals surface area contributed by atoms with E-state index in [0.29, 0.717) is 12.1 Å². The first-order chi connectivity index (χ1) is 15.3. The van der Waals surface area contributed by atoms with E-state index in [4.69, 9.17) is 5.73 Å². The average molecular weight is 561 g/mol. The standard InChI is InChI=1S/C17H16F13NO3S/c1-3-11(31,4-2)9-5-7-10(8-6-9)34-35(32,33)17(29,30)15(24,25)13(20,21)12(18,19)14(22,23)16(26,27)28/h5-8H,3-4,31H2,1-2H3. The molecular weight excluding hydrogens is 545 g/mol. The summed E-state index contributed by atoms with van der Waals surface area (Å²) in [4.78, 5) is 0. The van der Waals surface area contributed by atoms with E-state index >= 15 is 0 Å². The molecule has 0 aliphatic rings. The normalized spacial score (nSPS) is 15.3. The summed E-state index contributed by atoms with van der Waals surface area (Å²) in [6.45, 7) is 3.25. The van der Waals surface area contributed by atoms with E-state index in [0.717, 1.165) is 12.1 Å². The molecule has 1 aromatic rings. The molecule has 2 N–H and O–H groups in total. The van der Waals surface area contributed by atoms with Crippen molar-refractivity contribution < 1.29 is 69.7 Å². The van der Waals surface area contributed by atoms with Crippen LogP contribution in [0.25, 0.3) is 0 Å². The van der Waals surface area contributed by atoms with Crippen molar-refractivity contribution in [3.05, 3.63) is 29.8 Å². The van der Waals surface area contributed by atoms with Gasteiger partial charge in [-0.1, -0.05) is 26.0 Å². The van der Waals surface area contributed by atoms with Gasteiger partial charge in [-0.15, -0.1) is 0 Å². The number of halogens is 13. The molecular formula is C17H16F13NO3S. The molecule has 18 heteroatoms. The lowest BCUT2D eigenvalue weighted by atomic mass is 9.86. The van der Waals surface area contributed by atoms with Crippen LogP contribution in [0.1, 0.15) is 32.3 Å². The first-order valence-corrected chi connectivity index (χ1v) is 10.5. The minimum absolute atomic E-state index is 0.241. The first kappa shape index (κ1) is 31.1. The van der Waals surface area contributed by atoms with Gasteiger partial charge in [0.15, 0.2) is 0 Å². The van der Waals surface area contributed by atoms with Crippen molar-refractivity contribution in [1.82, 2.24) is 0 Å². The SMILES string of the molecule is CCC(N)(CC)c1ccc(OS(=O)(=O)C(F)(F)C(F)(F)C(F)(F)C(F)(F)C(F)(F)C(F)(F)F)cc1. The molecule has 0 aliphatic heterocycles. The Morgan fingerprint density at radius 3 is 1.40 bits per heavy atom. The highest BCUT2D eigenvalue weighted by atomic mass is 32.2. The zero-order chi connectivity index (χ0) is 28.1. The van der Waals surface area contributed by atoms with Gasteiger partial charge in [0.2, 0.25) is 0 Å². The van der Waals surface area contributed by atoms with Crippen molar-refractivity contribution in [3.63, 3.8) is 0 Å². The molecule has 0 spiro atoms. The van der Waals surface area contributed by atoms with Crippen LogP contribution in [0.15, 0.2) is 24.3 Å². The summed E-state index contributed by atoms with van der Waals surface area (Å²) in [5, 5.41) is -7.43. The summed E-state index contributed by atoms with van der Waals surface area (Å²) < 4.78 is 198. The van der Waals surface area contributed by atoms with E-state index < -0.39 is 56.5 Å². The zero-order valence-corrected chi connectivity index (χ0v) is 18.2. The molecule has 35 heavy (non-hydrogen) atoms. The van der Waals surface area contributed by atoms with Crippen LogP contribution in [0.4, 0.5) is 57.1 Å². The maximum absolute atomic E-state index is 13.9. The fourth-order valence-corrected chi connectivity index (χ4v) is 3.50. The van der Waals surface area contributed by atoms with Crippen LogP contribution < -0.4 is 9.92 Å². The smallest absolute Gasteiger partial charge is 0.378 e. The Hall–Kier alpha value is -1.98. The van der Waals surface area contributed by atoms with Crippen molar-refractivity contribution in [2.24, 2.45) is 5.73 Å². The van der Waals surface area contributed by atoms with E-state index in [1.54, 1.807) is 13.8 Å².